The van der Waals surface area contributed by atoms with Gasteiger partial charge in [0.25, 0.3) is 0 Å². The minimum absolute atomic E-state index is 0.125. The Morgan fingerprint density at radius 2 is 1.90 bits per heavy atom. The lowest BCUT2D eigenvalue weighted by molar-refractivity contribution is 0.146. The van der Waals surface area contributed by atoms with Gasteiger partial charge in [-0.05, 0) is 36.2 Å². The van der Waals surface area contributed by atoms with Gasteiger partial charge in [0.1, 0.15) is 0 Å². The van der Waals surface area contributed by atoms with Gasteiger partial charge >= 0.3 is 0 Å². The average molecular weight is 399 g/mol. The molecule has 2 unspecified atom stereocenters. The smallest absolute Gasteiger partial charge is 0.0881 e. The maximum absolute atomic E-state index is 10.7. The number of halogens is 2. The minimum atomic E-state index is -0.645. The van der Waals surface area contributed by atoms with E-state index in [0.717, 1.165) is 20.1 Å². The van der Waals surface area contributed by atoms with E-state index in [4.69, 9.17) is 5.73 Å². The van der Waals surface area contributed by atoms with Crippen LogP contribution in [0, 0.1) is 6.92 Å². The van der Waals surface area contributed by atoms with Crippen molar-refractivity contribution in [2.75, 3.05) is 6.54 Å². The van der Waals surface area contributed by atoms with Crippen LogP contribution in [0.25, 0.3) is 0 Å². The van der Waals surface area contributed by atoms with Crippen LogP contribution in [0.5, 0.6) is 0 Å². The summed E-state index contributed by atoms with van der Waals surface area (Å²) in [6.45, 7) is 2.43. The molecule has 2 rings (SSSR count). The van der Waals surface area contributed by atoms with E-state index in [1.807, 2.05) is 43.3 Å². The molecule has 20 heavy (non-hydrogen) atoms. The molecule has 0 bridgehead atoms. The molecule has 2 atom stereocenters. The van der Waals surface area contributed by atoms with Crippen LogP contribution in [0.2, 0.25) is 0 Å². The predicted octanol–water partition coefficient (Wildman–Crippen LogP) is 4.30. The number of aryl methyl sites for hydroxylation is 1. The molecule has 106 valence electrons. The van der Waals surface area contributed by atoms with Gasteiger partial charge in [-0.25, -0.2) is 0 Å². The summed E-state index contributed by atoms with van der Waals surface area (Å²) in [5.41, 5.74) is 8.97. The third-order valence-electron chi connectivity index (χ3n) is 3.38. The molecular formula is C16H17Br2NO. The number of rotatable bonds is 4. The highest BCUT2D eigenvalue weighted by atomic mass is 79.9. The summed E-state index contributed by atoms with van der Waals surface area (Å²) in [5, 5.41) is 10.7. The summed E-state index contributed by atoms with van der Waals surface area (Å²) in [5.74, 6) is -0.125. The van der Waals surface area contributed by atoms with E-state index in [1.54, 1.807) is 0 Å². The summed E-state index contributed by atoms with van der Waals surface area (Å²) in [6.07, 6.45) is -0.645. The lowest BCUT2D eigenvalue weighted by atomic mass is 9.88. The standard InChI is InChI=1S/C16H17Br2NO/c1-10-3-2-4-11(7-10)14(9-19)16(20)13-8-12(17)5-6-15(13)18/h2-8,14,16,20H,9,19H2,1H3. The number of benzene rings is 2. The van der Waals surface area contributed by atoms with E-state index in [2.05, 4.69) is 37.9 Å². The first-order valence-corrected chi connectivity index (χ1v) is 8.01. The van der Waals surface area contributed by atoms with Crippen LogP contribution in [-0.4, -0.2) is 11.7 Å². The van der Waals surface area contributed by atoms with Crippen molar-refractivity contribution in [3.8, 4) is 0 Å². The molecular weight excluding hydrogens is 382 g/mol. The van der Waals surface area contributed by atoms with E-state index in [1.165, 1.54) is 5.56 Å². The fourth-order valence-electron chi connectivity index (χ4n) is 2.31. The zero-order chi connectivity index (χ0) is 14.7. The van der Waals surface area contributed by atoms with Crippen LogP contribution in [0.3, 0.4) is 0 Å². The minimum Gasteiger partial charge on any atom is -0.388 e. The van der Waals surface area contributed by atoms with Crippen molar-refractivity contribution in [3.05, 3.63) is 68.1 Å². The largest absolute Gasteiger partial charge is 0.388 e. The highest BCUT2D eigenvalue weighted by molar-refractivity contribution is 9.11. The van der Waals surface area contributed by atoms with Crippen molar-refractivity contribution in [2.45, 2.75) is 18.9 Å². The van der Waals surface area contributed by atoms with Crippen molar-refractivity contribution in [1.29, 1.82) is 0 Å². The van der Waals surface area contributed by atoms with Crippen molar-refractivity contribution in [1.82, 2.24) is 0 Å². The van der Waals surface area contributed by atoms with Gasteiger partial charge in [0.05, 0.1) is 6.10 Å². The monoisotopic (exact) mass is 397 g/mol. The van der Waals surface area contributed by atoms with Gasteiger partial charge in [0, 0.05) is 21.4 Å². The molecule has 0 fully saturated rings. The van der Waals surface area contributed by atoms with Crippen molar-refractivity contribution >= 4 is 31.9 Å². The Morgan fingerprint density at radius 1 is 1.15 bits per heavy atom. The molecule has 0 heterocycles. The summed E-state index contributed by atoms with van der Waals surface area (Å²) >= 11 is 6.93. The normalized spacial score (nSPS) is 14.1. The number of hydrogen-bond donors (Lipinski definition) is 2. The van der Waals surface area contributed by atoms with Crippen LogP contribution >= 0.6 is 31.9 Å². The molecule has 0 aromatic heterocycles. The van der Waals surface area contributed by atoms with E-state index in [-0.39, 0.29) is 5.92 Å². The van der Waals surface area contributed by atoms with Crippen LogP contribution in [0.15, 0.2) is 51.4 Å². The molecule has 0 saturated heterocycles. The quantitative estimate of drug-likeness (QED) is 0.806. The Kier molecular flexibility index (Phi) is 5.38. The van der Waals surface area contributed by atoms with Gasteiger partial charge in [0.15, 0.2) is 0 Å². The van der Waals surface area contributed by atoms with Crippen molar-refractivity contribution in [2.24, 2.45) is 5.73 Å². The van der Waals surface area contributed by atoms with Crippen LogP contribution < -0.4 is 5.73 Å². The fraction of sp³-hybridized carbons (Fsp3) is 0.250. The fourth-order valence-corrected chi connectivity index (χ4v) is 3.17. The zero-order valence-electron chi connectivity index (χ0n) is 11.2. The molecule has 0 spiro atoms. The predicted molar refractivity (Wildman–Crippen MR) is 89.8 cm³/mol. The number of nitrogens with two attached hydrogens (primary N) is 1. The zero-order valence-corrected chi connectivity index (χ0v) is 14.4. The Balaban J connectivity index is 2.38. The molecule has 0 aliphatic rings. The second-order valence-corrected chi connectivity index (χ2v) is 6.64. The van der Waals surface area contributed by atoms with Gasteiger partial charge in [-0.3, -0.25) is 0 Å². The van der Waals surface area contributed by atoms with Gasteiger partial charge in [-0.2, -0.15) is 0 Å². The first-order valence-electron chi connectivity index (χ1n) is 6.42. The number of aliphatic hydroxyl groups is 1. The first-order chi connectivity index (χ1) is 9.52. The number of aliphatic hydroxyl groups excluding tert-OH is 1. The average Bonchev–Trinajstić information content (AvgIpc) is 2.42. The van der Waals surface area contributed by atoms with Gasteiger partial charge in [-0.15, -0.1) is 0 Å². The highest BCUT2D eigenvalue weighted by Gasteiger charge is 2.23. The van der Waals surface area contributed by atoms with Crippen LogP contribution in [-0.2, 0) is 0 Å². The summed E-state index contributed by atoms with van der Waals surface area (Å²) in [4.78, 5) is 0. The van der Waals surface area contributed by atoms with Gasteiger partial charge in [-0.1, -0.05) is 61.7 Å². The van der Waals surface area contributed by atoms with E-state index < -0.39 is 6.10 Å². The first kappa shape index (κ1) is 15.7. The SMILES string of the molecule is Cc1cccc(C(CN)C(O)c2cc(Br)ccc2Br)c1. The lowest BCUT2D eigenvalue weighted by Crippen LogP contribution is -2.20. The molecule has 0 saturated carbocycles. The van der Waals surface area contributed by atoms with E-state index in [9.17, 15) is 5.11 Å². The third kappa shape index (κ3) is 3.50. The molecule has 0 amide bonds. The molecule has 2 aromatic carbocycles. The molecule has 3 N–H and O–H groups in total. The Hall–Kier alpha value is -0.680. The van der Waals surface area contributed by atoms with E-state index in [0.29, 0.717) is 6.54 Å². The Morgan fingerprint density at radius 3 is 2.55 bits per heavy atom. The second kappa shape index (κ2) is 6.85. The van der Waals surface area contributed by atoms with Crippen LogP contribution in [0.4, 0.5) is 0 Å². The third-order valence-corrected chi connectivity index (χ3v) is 4.60. The van der Waals surface area contributed by atoms with E-state index >= 15 is 0 Å². The maximum Gasteiger partial charge on any atom is 0.0881 e. The van der Waals surface area contributed by atoms with Crippen LogP contribution in [0.1, 0.15) is 28.7 Å². The highest BCUT2D eigenvalue weighted by Crippen LogP contribution is 2.35. The molecule has 0 aliphatic heterocycles. The Bertz CT molecular complexity index is 601. The lowest BCUT2D eigenvalue weighted by Gasteiger charge is -2.23. The van der Waals surface area contributed by atoms with Crippen molar-refractivity contribution in [3.63, 3.8) is 0 Å². The second-order valence-electron chi connectivity index (χ2n) is 4.87. The topological polar surface area (TPSA) is 46.2 Å². The summed E-state index contributed by atoms with van der Waals surface area (Å²) < 4.78 is 1.83. The summed E-state index contributed by atoms with van der Waals surface area (Å²) in [7, 11) is 0. The van der Waals surface area contributed by atoms with Crippen molar-refractivity contribution < 1.29 is 5.11 Å². The molecule has 4 heteroatoms. The molecule has 2 aromatic rings. The number of hydrogen-bond acceptors (Lipinski definition) is 2. The Labute approximate surface area is 136 Å². The van der Waals surface area contributed by atoms with Gasteiger partial charge < -0.3 is 10.8 Å². The maximum atomic E-state index is 10.7. The molecule has 0 radical (unpaired) electrons. The van der Waals surface area contributed by atoms with Gasteiger partial charge in [0.2, 0.25) is 0 Å². The summed E-state index contributed by atoms with van der Waals surface area (Å²) in [6, 6.07) is 13.9. The molecule has 2 nitrogen and oxygen atoms in total. The molecule has 0 aliphatic carbocycles.